The predicted octanol–water partition coefficient (Wildman–Crippen LogP) is 4.66. The molecule has 0 radical (unpaired) electrons. The van der Waals surface area contributed by atoms with Gasteiger partial charge in [0.25, 0.3) is 0 Å². The molecule has 1 aromatic rings. The number of nitrogens with zero attached hydrogens (tertiary/aromatic N) is 1. The first-order chi connectivity index (χ1) is 19.7. The van der Waals surface area contributed by atoms with Crippen LogP contribution >= 0.6 is 0 Å². The van der Waals surface area contributed by atoms with Crippen molar-refractivity contribution < 1.29 is 33.4 Å². The van der Waals surface area contributed by atoms with Crippen molar-refractivity contribution in [1.82, 2.24) is 5.06 Å². The monoisotopic (exact) mass is 586 g/mol. The average Bonchev–Trinajstić information content (AvgIpc) is 3.52. The molecule has 0 bridgehead atoms. The van der Waals surface area contributed by atoms with E-state index in [9.17, 15) is 14.4 Å². The van der Waals surface area contributed by atoms with Gasteiger partial charge in [-0.3, -0.25) is 19.2 Å². The van der Waals surface area contributed by atoms with Crippen LogP contribution in [0.5, 0.6) is 0 Å². The van der Waals surface area contributed by atoms with Gasteiger partial charge >= 0.3 is 11.9 Å². The number of hydroxylamine groups is 2. The smallest absolute Gasteiger partial charge is 0.313 e. The fraction of sp³-hybridized carbons (Fsp3) is 0.727. The van der Waals surface area contributed by atoms with E-state index in [1.165, 1.54) is 0 Å². The second-order valence-electron chi connectivity index (χ2n) is 13.6. The molecule has 0 aromatic heterocycles. The first kappa shape index (κ1) is 32.6. The molecule has 234 valence electrons. The van der Waals surface area contributed by atoms with Crippen molar-refractivity contribution >= 4 is 17.7 Å². The lowest BCUT2D eigenvalue weighted by Crippen LogP contribution is -2.55. The number of ketones is 1. The van der Waals surface area contributed by atoms with E-state index in [-0.39, 0.29) is 29.5 Å². The van der Waals surface area contributed by atoms with E-state index in [0.717, 1.165) is 5.56 Å². The molecule has 0 spiro atoms. The summed E-state index contributed by atoms with van der Waals surface area (Å²) in [5.41, 5.74) is 4.93. The minimum Gasteiger partial charge on any atom is -0.458 e. The third-order valence-corrected chi connectivity index (χ3v) is 10.0. The van der Waals surface area contributed by atoms with Gasteiger partial charge in [-0.25, -0.2) is 0 Å². The van der Waals surface area contributed by atoms with Crippen molar-refractivity contribution in [3.05, 3.63) is 35.9 Å². The number of nitrogens with two attached hydrogens (primary N) is 1. The summed E-state index contributed by atoms with van der Waals surface area (Å²) in [6.45, 7) is 14.1. The van der Waals surface area contributed by atoms with Crippen molar-refractivity contribution in [2.75, 3.05) is 13.7 Å². The standard InChI is InChI=1S/C33H50N2O7/c1-9-25-32(7)26(27(30(38)42-32)33(34)19-35(33)40-18-24-13-11-10-12-14-24)23(5)28(36)22(4)17-31(6,39-8)16-20(2)15-21(3)29(37)41-25/h10-14,20-23,25-27H,9,15-19,34H2,1-8H3. The summed E-state index contributed by atoms with van der Waals surface area (Å²) in [6, 6.07) is 9.71. The van der Waals surface area contributed by atoms with Gasteiger partial charge in [-0.1, -0.05) is 65.0 Å². The van der Waals surface area contributed by atoms with Crippen molar-refractivity contribution in [2.24, 2.45) is 41.2 Å². The lowest BCUT2D eigenvalue weighted by Gasteiger charge is -2.42. The van der Waals surface area contributed by atoms with Crippen LogP contribution < -0.4 is 5.73 Å². The number of carbonyl (C=O) groups is 3. The van der Waals surface area contributed by atoms with E-state index in [1.54, 1.807) is 19.1 Å². The molecular formula is C33H50N2O7. The minimum absolute atomic E-state index is 0.0121. The van der Waals surface area contributed by atoms with Crippen LogP contribution in [0.1, 0.15) is 79.7 Å². The molecule has 0 amide bonds. The Hall–Kier alpha value is -2.33. The molecule has 3 heterocycles. The highest BCUT2D eigenvalue weighted by atomic mass is 16.7. The maximum absolute atomic E-state index is 14.2. The number of hydrogen-bond acceptors (Lipinski definition) is 9. The maximum atomic E-state index is 14.2. The molecule has 9 nitrogen and oxygen atoms in total. The molecule has 9 heteroatoms. The zero-order valence-corrected chi connectivity index (χ0v) is 26.6. The quantitative estimate of drug-likeness (QED) is 0.375. The summed E-state index contributed by atoms with van der Waals surface area (Å²) in [7, 11) is 1.67. The Morgan fingerprint density at radius 2 is 1.67 bits per heavy atom. The minimum atomic E-state index is -1.25. The SMILES string of the molecule is CCC1OC(=O)C(C)CC(C)CC(C)(OC)CC(C)C(=O)C(C)C2C(C3(N)CN3OCc3ccccc3)C(=O)OC12C. The number of cyclic esters (lactones) is 1. The molecule has 1 aromatic carbocycles. The lowest BCUT2D eigenvalue weighted by molar-refractivity contribution is -0.183. The third-order valence-electron chi connectivity index (χ3n) is 10.0. The van der Waals surface area contributed by atoms with Crippen LogP contribution in [0.4, 0.5) is 0 Å². The van der Waals surface area contributed by atoms with Gasteiger partial charge in [0, 0.05) is 24.9 Å². The van der Waals surface area contributed by atoms with Gasteiger partial charge in [-0.2, -0.15) is 5.06 Å². The normalized spacial score (nSPS) is 43.2. The van der Waals surface area contributed by atoms with Crippen LogP contribution in [-0.2, 0) is 40.0 Å². The highest BCUT2D eigenvalue weighted by Gasteiger charge is 2.71. The molecule has 11 unspecified atom stereocenters. The van der Waals surface area contributed by atoms with E-state index in [0.29, 0.717) is 38.8 Å². The molecular weight excluding hydrogens is 536 g/mol. The largest absolute Gasteiger partial charge is 0.458 e. The number of esters is 2. The predicted molar refractivity (Wildman–Crippen MR) is 157 cm³/mol. The number of Topliss-reactive ketones (excluding diaryl/α,β-unsaturated/α-hetero) is 1. The molecule has 4 rings (SSSR count). The molecule has 0 saturated carbocycles. The number of carbonyl (C=O) groups excluding carboxylic acids is 3. The van der Waals surface area contributed by atoms with Gasteiger partial charge in [-0.05, 0) is 51.0 Å². The molecule has 2 N–H and O–H groups in total. The highest BCUT2D eigenvalue weighted by Crippen LogP contribution is 2.54. The number of fused-ring (bicyclic) bond motifs is 1. The van der Waals surface area contributed by atoms with Crippen LogP contribution in [0.25, 0.3) is 0 Å². The molecule has 11 atom stereocenters. The molecule has 3 saturated heterocycles. The van der Waals surface area contributed by atoms with Gasteiger partial charge in [-0.15, -0.1) is 0 Å². The molecule has 42 heavy (non-hydrogen) atoms. The van der Waals surface area contributed by atoms with Crippen molar-refractivity contribution in [3.63, 3.8) is 0 Å². The maximum Gasteiger partial charge on any atom is 0.313 e. The van der Waals surface area contributed by atoms with E-state index in [1.807, 2.05) is 65.0 Å². The van der Waals surface area contributed by atoms with Gasteiger partial charge in [0.15, 0.2) is 5.60 Å². The summed E-state index contributed by atoms with van der Waals surface area (Å²) in [4.78, 5) is 47.4. The zero-order valence-electron chi connectivity index (χ0n) is 26.6. The summed E-state index contributed by atoms with van der Waals surface area (Å²) < 4.78 is 18.3. The van der Waals surface area contributed by atoms with Gasteiger partial charge in [0.2, 0.25) is 0 Å². The highest BCUT2D eigenvalue weighted by molar-refractivity contribution is 5.86. The van der Waals surface area contributed by atoms with Crippen LogP contribution in [0, 0.1) is 35.5 Å². The molecule has 3 aliphatic heterocycles. The first-order valence-electron chi connectivity index (χ1n) is 15.4. The molecule has 3 aliphatic rings. The van der Waals surface area contributed by atoms with E-state index >= 15 is 0 Å². The second kappa shape index (κ2) is 12.3. The van der Waals surface area contributed by atoms with E-state index in [4.69, 9.17) is 24.8 Å². The number of rotatable bonds is 6. The van der Waals surface area contributed by atoms with E-state index < -0.39 is 46.7 Å². The summed E-state index contributed by atoms with van der Waals surface area (Å²) in [5, 5.41) is 1.61. The first-order valence-corrected chi connectivity index (χ1v) is 15.4. The van der Waals surface area contributed by atoms with Crippen molar-refractivity contribution in [3.8, 4) is 0 Å². The van der Waals surface area contributed by atoms with Crippen LogP contribution in [-0.4, -0.2) is 59.4 Å². The number of benzene rings is 1. The summed E-state index contributed by atoms with van der Waals surface area (Å²) in [6.07, 6.45) is 1.53. The fourth-order valence-corrected chi connectivity index (χ4v) is 7.75. The van der Waals surface area contributed by atoms with Crippen LogP contribution in [0.2, 0.25) is 0 Å². The fourth-order valence-electron chi connectivity index (χ4n) is 7.75. The molecule has 0 aliphatic carbocycles. The van der Waals surface area contributed by atoms with Gasteiger partial charge < -0.3 is 19.9 Å². The third kappa shape index (κ3) is 6.30. The lowest BCUT2D eigenvalue weighted by atomic mass is 9.66. The van der Waals surface area contributed by atoms with Gasteiger partial charge in [0.1, 0.15) is 17.6 Å². The Bertz CT molecular complexity index is 1150. The second-order valence-corrected chi connectivity index (χ2v) is 13.6. The Balaban J connectivity index is 1.70. The van der Waals surface area contributed by atoms with Crippen LogP contribution in [0.3, 0.4) is 0 Å². The Kier molecular flexibility index (Phi) is 9.58. The van der Waals surface area contributed by atoms with Gasteiger partial charge in [0.05, 0.1) is 30.6 Å². The van der Waals surface area contributed by atoms with Crippen molar-refractivity contribution in [2.45, 2.75) is 104 Å². The summed E-state index contributed by atoms with van der Waals surface area (Å²) in [5.74, 6) is -3.43. The topological polar surface area (TPSA) is 117 Å². The number of ether oxygens (including phenoxy) is 3. The number of methoxy groups -OCH3 is 1. The Labute approximate surface area is 250 Å². The average molecular weight is 587 g/mol. The summed E-state index contributed by atoms with van der Waals surface area (Å²) >= 11 is 0. The zero-order chi connectivity index (χ0) is 31.0. The number of hydrogen-bond donors (Lipinski definition) is 1. The van der Waals surface area contributed by atoms with E-state index in [2.05, 4.69) is 6.92 Å². The van der Waals surface area contributed by atoms with Crippen LogP contribution in [0.15, 0.2) is 30.3 Å². The Morgan fingerprint density at radius 1 is 1.00 bits per heavy atom. The van der Waals surface area contributed by atoms with Crippen molar-refractivity contribution in [1.29, 1.82) is 0 Å². The Morgan fingerprint density at radius 3 is 2.29 bits per heavy atom. The molecule has 3 fully saturated rings.